The number of hydrogen-bond donors (Lipinski definition) is 1. The molecule has 166 valence electrons. The zero-order chi connectivity index (χ0) is 21.2. The number of rotatable bonds is 4. The maximum absolute atomic E-state index is 13.0. The molecule has 0 radical (unpaired) electrons. The van der Waals surface area contributed by atoms with Gasteiger partial charge < -0.3 is 10.1 Å². The summed E-state index contributed by atoms with van der Waals surface area (Å²) in [5.41, 5.74) is -2.03. The van der Waals surface area contributed by atoms with Gasteiger partial charge in [0.25, 0.3) is 0 Å². The van der Waals surface area contributed by atoms with Gasteiger partial charge in [0.1, 0.15) is 0 Å². The first-order chi connectivity index (χ1) is 13.5. The van der Waals surface area contributed by atoms with E-state index in [1.54, 1.807) is 18.2 Å². The van der Waals surface area contributed by atoms with Gasteiger partial charge in [-0.2, -0.15) is 26.3 Å². The molecule has 2 nitrogen and oxygen atoms in total. The number of benzene rings is 2. The normalized spacial score (nSPS) is 20.0. The van der Waals surface area contributed by atoms with Crippen molar-refractivity contribution in [3.8, 4) is 0 Å². The zero-order valence-electron chi connectivity index (χ0n) is 15.5. The summed E-state index contributed by atoms with van der Waals surface area (Å²) in [5, 5.41) is 3.81. The van der Waals surface area contributed by atoms with Crippen molar-refractivity contribution in [2.24, 2.45) is 0 Å². The molecule has 0 aliphatic carbocycles. The quantitative estimate of drug-likeness (QED) is 0.492. The average Bonchev–Trinajstić information content (AvgIpc) is 2.65. The summed E-state index contributed by atoms with van der Waals surface area (Å²) in [4.78, 5) is 0. The standard InChI is InChI=1S/C20H18ClF6NO.ClH/c21-16-4-1-3-13(9-16)18-17(5-2-6-28-18)29-11-12-7-14(19(22,23)24)10-15(8-12)20(25,26)27;/h1,3-4,7-10,17-18,28H,2,5-6,11H2;1H/t17-,18-;/m1./s1. The molecule has 1 fully saturated rings. The average molecular weight is 474 g/mol. The second-order valence-corrected chi connectivity index (χ2v) is 7.33. The first-order valence-electron chi connectivity index (χ1n) is 8.93. The molecule has 0 amide bonds. The SMILES string of the molecule is Cl.FC(F)(F)c1cc(CO[C@@H]2CCCN[C@@H]2c2cccc(Cl)c2)cc(C(F)(F)F)c1. The van der Waals surface area contributed by atoms with E-state index in [1.807, 2.05) is 6.07 Å². The fourth-order valence-corrected chi connectivity index (χ4v) is 3.58. The summed E-state index contributed by atoms with van der Waals surface area (Å²) in [5.74, 6) is 0. The van der Waals surface area contributed by atoms with Gasteiger partial charge in [-0.15, -0.1) is 12.4 Å². The topological polar surface area (TPSA) is 21.3 Å². The van der Waals surface area contributed by atoms with Gasteiger partial charge in [-0.05, 0) is 60.8 Å². The van der Waals surface area contributed by atoms with Crippen molar-refractivity contribution in [2.45, 2.75) is 43.9 Å². The van der Waals surface area contributed by atoms with E-state index in [1.165, 1.54) is 0 Å². The van der Waals surface area contributed by atoms with Crippen LogP contribution in [0.15, 0.2) is 42.5 Å². The Morgan fingerprint density at radius 3 is 2.17 bits per heavy atom. The Morgan fingerprint density at radius 1 is 0.967 bits per heavy atom. The fraction of sp³-hybridized carbons (Fsp3) is 0.400. The van der Waals surface area contributed by atoms with Crippen LogP contribution < -0.4 is 5.32 Å². The lowest BCUT2D eigenvalue weighted by Crippen LogP contribution is -2.39. The predicted octanol–water partition coefficient (Wildman–Crippen LogP) is 6.81. The molecule has 2 aromatic rings. The van der Waals surface area contributed by atoms with Gasteiger partial charge in [-0.3, -0.25) is 0 Å². The van der Waals surface area contributed by atoms with Gasteiger partial charge >= 0.3 is 12.4 Å². The highest BCUT2D eigenvalue weighted by atomic mass is 35.5. The highest BCUT2D eigenvalue weighted by molar-refractivity contribution is 6.30. The van der Waals surface area contributed by atoms with Crippen LogP contribution in [0.2, 0.25) is 5.02 Å². The lowest BCUT2D eigenvalue weighted by Gasteiger charge is -2.33. The maximum Gasteiger partial charge on any atom is 0.416 e. The Kier molecular flexibility index (Phi) is 8.07. The molecule has 2 aromatic carbocycles. The summed E-state index contributed by atoms with van der Waals surface area (Å²) < 4.78 is 83.9. The Bertz CT molecular complexity index is 824. The summed E-state index contributed by atoms with van der Waals surface area (Å²) in [6.45, 7) is 0.356. The Morgan fingerprint density at radius 2 is 1.60 bits per heavy atom. The van der Waals surface area contributed by atoms with E-state index in [2.05, 4.69) is 5.32 Å². The molecule has 3 rings (SSSR count). The van der Waals surface area contributed by atoms with Crippen LogP contribution in [-0.2, 0) is 23.7 Å². The van der Waals surface area contributed by atoms with Crippen molar-refractivity contribution in [3.05, 3.63) is 69.7 Å². The molecule has 1 aliphatic rings. The van der Waals surface area contributed by atoms with Crippen molar-refractivity contribution in [2.75, 3.05) is 6.54 Å². The lowest BCUT2D eigenvalue weighted by molar-refractivity contribution is -0.143. The van der Waals surface area contributed by atoms with E-state index in [-0.39, 0.29) is 36.7 Å². The molecule has 0 unspecified atom stereocenters. The van der Waals surface area contributed by atoms with E-state index in [0.717, 1.165) is 18.5 Å². The van der Waals surface area contributed by atoms with Crippen LogP contribution in [0.25, 0.3) is 0 Å². The molecular formula is C20H19Cl2F6NO. The van der Waals surface area contributed by atoms with Crippen molar-refractivity contribution < 1.29 is 31.1 Å². The Hall–Kier alpha value is -1.48. The van der Waals surface area contributed by atoms with Crippen molar-refractivity contribution >= 4 is 24.0 Å². The highest BCUT2D eigenvalue weighted by Crippen LogP contribution is 2.37. The van der Waals surface area contributed by atoms with E-state index in [0.29, 0.717) is 23.6 Å². The zero-order valence-corrected chi connectivity index (χ0v) is 17.1. The summed E-state index contributed by atoms with van der Waals surface area (Å²) in [6.07, 6.45) is -8.78. The summed E-state index contributed by atoms with van der Waals surface area (Å²) in [7, 11) is 0. The van der Waals surface area contributed by atoms with Crippen molar-refractivity contribution in [3.63, 3.8) is 0 Å². The molecule has 0 spiro atoms. The number of alkyl halides is 6. The molecule has 1 N–H and O–H groups in total. The highest BCUT2D eigenvalue weighted by Gasteiger charge is 2.37. The molecule has 1 saturated heterocycles. The predicted molar refractivity (Wildman–Crippen MR) is 104 cm³/mol. The van der Waals surface area contributed by atoms with Gasteiger partial charge in [0.05, 0.1) is 29.9 Å². The van der Waals surface area contributed by atoms with E-state index < -0.39 is 29.6 Å². The molecule has 1 heterocycles. The van der Waals surface area contributed by atoms with Crippen LogP contribution >= 0.6 is 24.0 Å². The van der Waals surface area contributed by atoms with Crippen LogP contribution in [-0.4, -0.2) is 12.6 Å². The molecule has 1 aliphatic heterocycles. The van der Waals surface area contributed by atoms with Crippen LogP contribution in [0.5, 0.6) is 0 Å². The number of halogens is 8. The maximum atomic E-state index is 13.0. The third-order valence-electron chi connectivity index (χ3n) is 4.72. The largest absolute Gasteiger partial charge is 0.416 e. The number of ether oxygens (including phenoxy) is 1. The second kappa shape index (κ2) is 9.77. The van der Waals surface area contributed by atoms with Crippen molar-refractivity contribution in [1.29, 1.82) is 0 Å². The minimum absolute atomic E-state index is 0. The molecule has 2 atom stereocenters. The van der Waals surface area contributed by atoms with Crippen LogP contribution in [0.1, 0.15) is 41.1 Å². The lowest BCUT2D eigenvalue weighted by atomic mass is 9.94. The molecule has 10 heteroatoms. The van der Waals surface area contributed by atoms with Gasteiger partial charge in [0.15, 0.2) is 0 Å². The second-order valence-electron chi connectivity index (χ2n) is 6.89. The van der Waals surface area contributed by atoms with E-state index >= 15 is 0 Å². The first kappa shape index (κ1) is 24.8. The van der Waals surface area contributed by atoms with Crippen LogP contribution in [0.3, 0.4) is 0 Å². The molecule has 30 heavy (non-hydrogen) atoms. The fourth-order valence-electron chi connectivity index (χ4n) is 3.38. The van der Waals surface area contributed by atoms with Crippen LogP contribution in [0.4, 0.5) is 26.3 Å². The third kappa shape index (κ3) is 6.26. The molecule has 0 aromatic heterocycles. The third-order valence-corrected chi connectivity index (χ3v) is 4.96. The number of hydrogen-bond acceptors (Lipinski definition) is 2. The Labute approximate surface area is 181 Å². The monoisotopic (exact) mass is 473 g/mol. The molecular weight excluding hydrogens is 455 g/mol. The summed E-state index contributed by atoms with van der Waals surface area (Å²) >= 11 is 6.02. The van der Waals surface area contributed by atoms with Gasteiger partial charge in [-0.1, -0.05) is 23.7 Å². The van der Waals surface area contributed by atoms with Crippen molar-refractivity contribution in [1.82, 2.24) is 5.32 Å². The van der Waals surface area contributed by atoms with E-state index in [9.17, 15) is 26.3 Å². The number of piperidine rings is 1. The first-order valence-corrected chi connectivity index (χ1v) is 9.30. The van der Waals surface area contributed by atoms with Gasteiger partial charge in [-0.25, -0.2) is 0 Å². The summed E-state index contributed by atoms with van der Waals surface area (Å²) in [6, 6.07) is 8.33. The molecule has 0 saturated carbocycles. The van der Waals surface area contributed by atoms with Gasteiger partial charge in [0.2, 0.25) is 0 Å². The van der Waals surface area contributed by atoms with Crippen LogP contribution in [0, 0.1) is 0 Å². The molecule has 0 bridgehead atoms. The minimum atomic E-state index is -4.88. The van der Waals surface area contributed by atoms with Gasteiger partial charge in [0, 0.05) is 5.02 Å². The number of nitrogens with one attached hydrogen (secondary N) is 1. The smallest absolute Gasteiger partial charge is 0.372 e. The Balaban J connectivity index is 0.00000320. The van der Waals surface area contributed by atoms with E-state index in [4.69, 9.17) is 16.3 Å². The minimum Gasteiger partial charge on any atom is -0.372 e.